The van der Waals surface area contributed by atoms with Crippen molar-refractivity contribution in [2.45, 2.75) is 27.7 Å². The molecule has 0 heterocycles. The van der Waals surface area contributed by atoms with Crippen LogP contribution in [0, 0.1) is 5.41 Å². The molecular weight excluding hydrogens is 320 g/mol. The number of amides is 1. The molecule has 0 spiro atoms. The molecule has 0 unspecified atom stereocenters. The largest absolute Gasteiger partial charge is 0.493 e. The molecule has 7 nitrogen and oxygen atoms in total. The van der Waals surface area contributed by atoms with Gasteiger partial charge in [0.25, 0.3) is 0 Å². The molecule has 1 amide bonds. The number of anilines is 1. The van der Waals surface area contributed by atoms with Crippen LogP contribution in [0.2, 0.25) is 0 Å². The Morgan fingerprint density at radius 3 is 2.48 bits per heavy atom. The number of hydrogen-bond donors (Lipinski definition) is 3. The number of carbonyl (C=O) groups is 1. The Hall–Kier alpha value is -2.44. The molecule has 0 radical (unpaired) electrons. The number of nitrogens with zero attached hydrogens (tertiary/aromatic N) is 1. The first kappa shape index (κ1) is 20.6. The van der Waals surface area contributed by atoms with Crippen molar-refractivity contribution in [3.05, 3.63) is 18.2 Å². The molecule has 0 fully saturated rings. The maximum Gasteiger partial charge on any atom is 0.227 e. The van der Waals surface area contributed by atoms with E-state index in [4.69, 9.17) is 9.47 Å². The van der Waals surface area contributed by atoms with Crippen molar-refractivity contribution in [2.24, 2.45) is 10.4 Å². The number of nitrogens with one attached hydrogen (secondary N) is 3. The van der Waals surface area contributed by atoms with Crippen LogP contribution in [-0.4, -0.2) is 45.7 Å². The van der Waals surface area contributed by atoms with Gasteiger partial charge in [0.1, 0.15) is 0 Å². The van der Waals surface area contributed by atoms with Crippen LogP contribution in [0.5, 0.6) is 11.5 Å². The van der Waals surface area contributed by atoms with Crippen LogP contribution in [0.3, 0.4) is 0 Å². The SMILES string of the molecule is CCNC(=O)C(C)(C)CNC(=NC)Nc1ccc(OCC)c(OC)c1. The maximum absolute atomic E-state index is 12.1. The zero-order chi connectivity index (χ0) is 18.9. The highest BCUT2D eigenvalue weighted by atomic mass is 16.5. The van der Waals surface area contributed by atoms with Crippen LogP contribution in [-0.2, 0) is 4.79 Å². The molecule has 0 saturated heterocycles. The second-order valence-electron chi connectivity index (χ2n) is 6.09. The fourth-order valence-electron chi connectivity index (χ4n) is 2.12. The molecule has 140 valence electrons. The second-order valence-corrected chi connectivity index (χ2v) is 6.09. The number of benzene rings is 1. The number of carbonyl (C=O) groups excluding carboxylic acids is 1. The van der Waals surface area contributed by atoms with Crippen molar-refractivity contribution in [1.29, 1.82) is 0 Å². The molecule has 0 atom stereocenters. The molecule has 7 heteroatoms. The Bertz CT molecular complexity index is 600. The Labute approximate surface area is 150 Å². The monoisotopic (exact) mass is 350 g/mol. The number of aliphatic imine (C=N–C) groups is 1. The molecular formula is C18H30N4O3. The predicted octanol–water partition coefficient (Wildman–Crippen LogP) is 2.24. The minimum Gasteiger partial charge on any atom is -0.493 e. The van der Waals surface area contributed by atoms with Crippen molar-refractivity contribution in [3.8, 4) is 11.5 Å². The summed E-state index contributed by atoms with van der Waals surface area (Å²) in [5.74, 6) is 1.91. The van der Waals surface area contributed by atoms with Crippen molar-refractivity contribution >= 4 is 17.6 Å². The quantitative estimate of drug-likeness (QED) is 0.495. The third-order valence-corrected chi connectivity index (χ3v) is 3.60. The molecule has 1 aromatic rings. The normalized spacial score (nSPS) is 11.7. The third-order valence-electron chi connectivity index (χ3n) is 3.60. The lowest BCUT2D eigenvalue weighted by atomic mass is 9.92. The van der Waals surface area contributed by atoms with Crippen molar-refractivity contribution in [2.75, 3.05) is 39.2 Å². The van der Waals surface area contributed by atoms with Crippen LogP contribution < -0.4 is 25.4 Å². The summed E-state index contributed by atoms with van der Waals surface area (Å²) in [4.78, 5) is 16.3. The summed E-state index contributed by atoms with van der Waals surface area (Å²) >= 11 is 0. The van der Waals surface area contributed by atoms with Crippen LogP contribution in [0.15, 0.2) is 23.2 Å². The van der Waals surface area contributed by atoms with Crippen molar-refractivity contribution in [1.82, 2.24) is 10.6 Å². The first-order valence-corrected chi connectivity index (χ1v) is 8.44. The molecule has 0 saturated carbocycles. The van der Waals surface area contributed by atoms with Gasteiger partial charge in [-0.05, 0) is 39.8 Å². The van der Waals surface area contributed by atoms with Gasteiger partial charge >= 0.3 is 0 Å². The van der Waals surface area contributed by atoms with Gasteiger partial charge in [-0.1, -0.05) is 0 Å². The molecule has 0 aliphatic carbocycles. The summed E-state index contributed by atoms with van der Waals surface area (Å²) in [7, 11) is 3.28. The number of guanidine groups is 1. The fraction of sp³-hybridized carbons (Fsp3) is 0.556. The fourth-order valence-corrected chi connectivity index (χ4v) is 2.12. The summed E-state index contributed by atoms with van der Waals surface area (Å²) in [6, 6.07) is 5.57. The Morgan fingerprint density at radius 1 is 1.20 bits per heavy atom. The zero-order valence-electron chi connectivity index (χ0n) is 16.0. The summed E-state index contributed by atoms with van der Waals surface area (Å²) in [5.41, 5.74) is 0.258. The molecule has 3 N–H and O–H groups in total. The van der Waals surface area contributed by atoms with E-state index in [1.165, 1.54) is 0 Å². The van der Waals surface area contributed by atoms with E-state index in [-0.39, 0.29) is 5.91 Å². The number of ether oxygens (including phenoxy) is 2. The average Bonchev–Trinajstić information content (AvgIpc) is 2.60. The van der Waals surface area contributed by atoms with Gasteiger partial charge in [0, 0.05) is 31.9 Å². The lowest BCUT2D eigenvalue weighted by molar-refractivity contribution is -0.128. The molecule has 25 heavy (non-hydrogen) atoms. The minimum atomic E-state index is -0.551. The van der Waals surface area contributed by atoms with Gasteiger partial charge in [-0.3, -0.25) is 9.79 Å². The molecule has 0 aromatic heterocycles. The van der Waals surface area contributed by atoms with Crippen LogP contribution in [0.1, 0.15) is 27.7 Å². The summed E-state index contributed by atoms with van der Waals surface area (Å²) in [6.45, 7) is 9.24. The standard InChI is InChI=1S/C18H30N4O3/c1-7-20-16(23)18(3,4)12-21-17(19-5)22-13-9-10-14(25-8-2)15(11-13)24-6/h9-11H,7-8,12H2,1-6H3,(H,20,23)(H2,19,21,22). The summed E-state index contributed by atoms with van der Waals surface area (Å²) < 4.78 is 10.9. The van der Waals surface area contributed by atoms with E-state index in [0.717, 1.165) is 5.69 Å². The highest BCUT2D eigenvalue weighted by Gasteiger charge is 2.27. The van der Waals surface area contributed by atoms with E-state index < -0.39 is 5.41 Å². The Kier molecular flexibility index (Phi) is 8.04. The number of methoxy groups -OCH3 is 1. The van der Waals surface area contributed by atoms with Gasteiger partial charge in [0.2, 0.25) is 5.91 Å². The minimum absolute atomic E-state index is 0.000639. The number of rotatable bonds is 8. The maximum atomic E-state index is 12.1. The van der Waals surface area contributed by atoms with Crippen LogP contribution in [0.4, 0.5) is 5.69 Å². The van der Waals surface area contributed by atoms with E-state index in [0.29, 0.717) is 37.2 Å². The van der Waals surface area contributed by atoms with E-state index in [9.17, 15) is 4.79 Å². The van der Waals surface area contributed by atoms with E-state index in [1.54, 1.807) is 14.2 Å². The van der Waals surface area contributed by atoms with Gasteiger partial charge in [-0.15, -0.1) is 0 Å². The summed E-state index contributed by atoms with van der Waals surface area (Å²) in [5, 5.41) is 9.21. The first-order chi connectivity index (χ1) is 11.9. The topological polar surface area (TPSA) is 84.0 Å². The molecule has 0 aliphatic heterocycles. The Balaban J connectivity index is 2.75. The lowest BCUT2D eigenvalue weighted by Gasteiger charge is -2.25. The van der Waals surface area contributed by atoms with Gasteiger partial charge < -0.3 is 25.4 Å². The zero-order valence-corrected chi connectivity index (χ0v) is 16.0. The molecule has 1 aromatic carbocycles. The van der Waals surface area contributed by atoms with Gasteiger partial charge in [0.15, 0.2) is 17.5 Å². The first-order valence-electron chi connectivity index (χ1n) is 8.44. The highest BCUT2D eigenvalue weighted by molar-refractivity contribution is 5.94. The van der Waals surface area contributed by atoms with Gasteiger partial charge in [0.05, 0.1) is 19.1 Å². The highest BCUT2D eigenvalue weighted by Crippen LogP contribution is 2.30. The second kappa shape index (κ2) is 9.76. The number of hydrogen-bond acceptors (Lipinski definition) is 4. The van der Waals surface area contributed by atoms with Gasteiger partial charge in [-0.2, -0.15) is 0 Å². The third kappa shape index (κ3) is 6.17. The van der Waals surface area contributed by atoms with E-state index >= 15 is 0 Å². The van der Waals surface area contributed by atoms with Crippen molar-refractivity contribution in [3.63, 3.8) is 0 Å². The van der Waals surface area contributed by atoms with E-state index in [1.807, 2.05) is 45.9 Å². The molecule has 0 aliphatic rings. The predicted molar refractivity (Wildman–Crippen MR) is 102 cm³/mol. The Morgan fingerprint density at radius 2 is 1.92 bits per heavy atom. The van der Waals surface area contributed by atoms with Crippen LogP contribution in [0.25, 0.3) is 0 Å². The van der Waals surface area contributed by atoms with E-state index in [2.05, 4.69) is 20.9 Å². The summed E-state index contributed by atoms with van der Waals surface area (Å²) in [6.07, 6.45) is 0. The van der Waals surface area contributed by atoms with Crippen LogP contribution >= 0.6 is 0 Å². The lowest BCUT2D eigenvalue weighted by Crippen LogP contribution is -2.46. The van der Waals surface area contributed by atoms with Crippen molar-refractivity contribution < 1.29 is 14.3 Å². The van der Waals surface area contributed by atoms with Gasteiger partial charge in [-0.25, -0.2) is 0 Å². The molecule has 0 bridgehead atoms. The average molecular weight is 350 g/mol. The molecule has 1 rings (SSSR count). The smallest absolute Gasteiger partial charge is 0.227 e.